The van der Waals surface area contributed by atoms with E-state index < -0.39 is 47.5 Å². The molecule has 0 radical (unpaired) electrons. The number of carbonyl (C=O) groups excluding carboxylic acids is 2. The zero-order valence-corrected chi connectivity index (χ0v) is 21.2. The molecule has 4 unspecified atom stereocenters. The molecule has 4 atom stereocenters. The van der Waals surface area contributed by atoms with Gasteiger partial charge in [-0.2, -0.15) is 0 Å². The lowest BCUT2D eigenvalue weighted by atomic mass is 9.90. The Morgan fingerprint density at radius 3 is 1.83 bits per heavy atom. The maximum Gasteiger partial charge on any atom is 0.422 e. The van der Waals surface area contributed by atoms with Crippen LogP contribution in [-0.2, 0) is 22.4 Å². The number of aliphatic hydroxyl groups is 2. The van der Waals surface area contributed by atoms with Crippen molar-refractivity contribution in [2.45, 2.75) is 64.8 Å². The van der Waals surface area contributed by atoms with E-state index in [1.807, 2.05) is 60.7 Å². The molecule has 2 amide bonds. The van der Waals surface area contributed by atoms with E-state index in [0.29, 0.717) is 0 Å². The first-order valence-corrected chi connectivity index (χ1v) is 11.9. The maximum atomic E-state index is 12.6. The highest BCUT2D eigenvalue weighted by Gasteiger charge is 2.33. The normalized spacial score (nSPS) is 14.8. The molecule has 2 aromatic carbocycles. The van der Waals surface area contributed by atoms with E-state index in [9.17, 15) is 29.7 Å². The van der Waals surface area contributed by atoms with E-state index in [1.165, 1.54) is 6.92 Å². The van der Waals surface area contributed by atoms with Crippen LogP contribution in [0.1, 0.15) is 38.8 Å². The minimum atomic E-state index is -1.32. The third-order valence-corrected chi connectivity index (χ3v) is 5.82. The van der Waals surface area contributed by atoms with Gasteiger partial charge in [0.05, 0.1) is 24.3 Å². The number of ketones is 1. The molecule has 0 saturated carbocycles. The topological polar surface area (TPSA) is 139 Å². The van der Waals surface area contributed by atoms with Gasteiger partial charge in [0.1, 0.15) is 0 Å². The lowest BCUT2D eigenvalue weighted by molar-refractivity contribution is -0.143. The molecule has 0 aliphatic heterocycles. The molecule has 9 heteroatoms. The zero-order valence-electron chi connectivity index (χ0n) is 21.2. The molecule has 5 N–H and O–H groups in total. The van der Waals surface area contributed by atoms with Crippen molar-refractivity contribution in [1.82, 2.24) is 15.8 Å². The summed E-state index contributed by atoms with van der Waals surface area (Å²) in [6, 6.07) is 16.6. The first kappa shape index (κ1) is 29.0. The number of aliphatic hydroxyl groups excluding tert-OH is 2. The summed E-state index contributed by atoms with van der Waals surface area (Å²) in [7, 11) is 0. The quantitative estimate of drug-likeness (QED) is 0.223. The van der Waals surface area contributed by atoms with Crippen LogP contribution in [0, 0.1) is 5.41 Å². The zero-order chi connectivity index (χ0) is 26.9. The molecule has 0 aromatic heterocycles. The van der Waals surface area contributed by atoms with Gasteiger partial charge in [0.25, 0.3) is 5.91 Å². The number of carboxylic acid groups (broad SMARTS) is 1. The minimum Gasteiger partial charge on any atom is -0.464 e. The van der Waals surface area contributed by atoms with E-state index >= 15 is 0 Å². The largest absolute Gasteiger partial charge is 0.464 e. The van der Waals surface area contributed by atoms with Gasteiger partial charge in [-0.05, 0) is 30.9 Å². The second-order valence-electron chi connectivity index (χ2n) is 9.93. The van der Waals surface area contributed by atoms with Gasteiger partial charge in [0.2, 0.25) is 5.78 Å². The SMILES string of the molecule is CC(O)C(Cc1ccccc1)N(NCC(O)C(Cc1ccccc1)NC(=O)C(=O)C(C)(C)C)C(=O)O. The number of nitrogens with one attached hydrogen (secondary N) is 2. The van der Waals surface area contributed by atoms with Gasteiger partial charge < -0.3 is 20.6 Å². The lowest BCUT2D eigenvalue weighted by Gasteiger charge is -2.34. The second kappa shape index (κ2) is 13.2. The number of nitrogens with zero attached hydrogens (tertiary/aromatic N) is 1. The Bertz CT molecular complexity index is 992. The summed E-state index contributed by atoms with van der Waals surface area (Å²) < 4.78 is 0. The first-order chi connectivity index (χ1) is 16.9. The van der Waals surface area contributed by atoms with Gasteiger partial charge in [0.15, 0.2) is 0 Å². The number of hydrogen-bond acceptors (Lipinski definition) is 6. The fraction of sp³-hybridized carbons (Fsp3) is 0.444. The van der Waals surface area contributed by atoms with Crippen LogP contribution in [0.2, 0.25) is 0 Å². The highest BCUT2D eigenvalue weighted by molar-refractivity contribution is 6.38. The number of Topliss-reactive ketones (excluding diaryl/α,β-unsaturated/α-hetero) is 1. The summed E-state index contributed by atoms with van der Waals surface area (Å²) >= 11 is 0. The van der Waals surface area contributed by atoms with E-state index in [1.54, 1.807) is 20.8 Å². The van der Waals surface area contributed by atoms with Crippen LogP contribution in [-0.4, -0.2) is 68.9 Å². The molecule has 0 spiro atoms. The number of benzene rings is 2. The smallest absolute Gasteiger partial charge is 0.422 e. The Labute approximate surface area is 212 Å². The van der Waals surface area contributed by atoms with Crippen molar-refractivity contribution in [2.24, 2.45) is 5.41 Å². The molecule has 9 nitrogen and oxygen atoms in total. The molecule has 0 aliphatic rings. The Morgan fingerprint density at radius 2 is 1.39 bits per heavy atom. The Morgan fingerprint density at radius 1 is 0.889 bits per heavy atom. The first-order valence-electron chi connectivity index (χ1n) is 11.9. The molecule has 0 fully saturated rings. The molecule has 196 valence electrons. The van der Waals surface area contributed by atoms with Crippen molar-refractivity contribution < 1.29 is 29.7 Å². The van der Waals surface area contributed by atoms with Gasteiger partial charge in [0, 0.05) is 12.0 Å². The standard InChI is InChI=1S/C27H37N3O6/c1-18(31)22(16-20-13-9-6-10-14-20)30(26(35)36)28-17-23(32)21(15-19-11-7-5-8-12-19)29-25(34)24(33)27(2,3)4/h5-14,18,21-23,28,31-32H,15-17H2,1-4H3,(H,29,34)(H,35,36). The molecular formula is C27H37N3O6. The molecule has 36 heavy (non-hydrogen) atoms. The summed E-state index contributed by atoms with van der Waals surface area (Å²) in [5.41, 5.74) is 3.48. The van der Waals surface area contributed by atoms with E-state index in [0.717, 1.165) is 16.1 Å². The summed E-state index contributed by atoms with van der Waals surface area (Å²) in [6.07, 6.45) is -3.09. The van der Waals surface area contributed by atoms with Gasteiger partial charge >= 0.3 is 6.09 Å². The molecule has 2 aromatic rings. The predicted octanol–water partition coefficient (Wildman–Crippen LogP) is 2.17. The Kier molecular flexibility index (Phi) is 10.6. The molecule has 0 bridgehead atoms. The average molecular weight is 500 g/mol. The van der Waals surface area contributed by atoms with Crippen LogP contribution in [0.25, 0.3) is 0 Å². The van der Waals surface area contributed by atoms with Crippen LogP contribution < -0.4 is 10.7 Å². The molecule has 0 saturated heterocycles. The van der Waals surface area contributed by atoms with Crippen LogP contribution in [0.4, 0.5) is 4.79 Å². The number of amides is 2. The van der Waals surface area contributed by atoms with E-state index in [4.69, 9.17) is 0 Å². The number of rotatable bonds is 12. The molecule has 2 rings (SSSR count). The second-order valence-corrected chi connectivity index (χ2v) is 9.93. The van der Waals surface area contributed by atoms with E-state index in [2.05, 4.69) is 10.7 Å². The fourth-order valence-electron chi connectivity index (χ4n) is 3.72. The van der Waals surface area contributed by atoms with Crippen LogP contribution in [0.5, 0.6) is 0 Å². The van der Waals surface area contributed by atoms with Crippen molar-refractivity contribution in [1.29, 1.82) is 0 Å². The highest BCUT2D eigenvalue weighted by Crippen LogP contribution is 2.16. The lowest BCUT2D eigenvalue weighted by Crippen LogP contribution is -2.58. The maximum absolute atomic E-state index is 12.6. The third kappa shape index (κ3) is 8.75. The van der Waals surface area contributed by atoms with Gasteiger partial charge in [-0.25, -0.2) is 15.2 Å². The van der Waals surface area contributed by atoms with Crippen molar-refractivity contribution in [3.63, 3.8) is 0 Å². The number of hydrogen-bond donors (Lipinski definition) is 5. The number of carbonyl (C=O) groups is 3. The molecule has 0 aliphatic carbocycles. The van der Waals surface area contributed by atoms with Crippen molar-refractivity contribution in [3.05, 3.63) is 71.8 Å². The van der Waals surface area contributed by atoms with Gasteiger partial charge in [-0.1, -0.05) is 81.4 Å². The molecule has 0 heterocycles. The van der Waals surface area contributed by atoms with Gasteiger partial charge in [-0.3, -0.25) is 9.59 Å². The third-order valence-electron chi connectivity index (χ3n) is 5.82. The van der Waals surface area contributed by atoms with Crippen LogP contribution in [0.3, 0.4) is 0 Å². The van der Waals surface area contributed by atoms with Crippen molar-refractivity contribution in [2.75, 3.05) is 6.54 Å². The average Bonchev–Trinajstić information content (AvgIpc) is 2.82. The summed E-state index contributed by atoms with van der Waals surface area (Å²) in [5.74, 6) is -1.44. The van der Waals surface area contributed by atoms with Crippen LogP contribution in [0.15, 0.2) is 60.7 Å². The van der Waals surface area contributed by atoms with Crippen molar-refractivity contribution >= 4 is 17.8 Å². The number of hydrazine groups is 1. The molecular weight excluding hydrogens is 462 g/mol. The monoisotopic (exact) mass is 499 g/mol. The van der Waals surface area contributed by atoms with E-state index in [-0.39, 0.29) is 19.4 Å². The fourth-order valence-corrected chi connectivity index (χ4v) is 3.72. The van der Waals surface area contributed by atoms with Gasteiger partial charge in [-0.15, -0.1) is 0 Å². The summed E-state index contributed by atoms with van der Waals surface area (Å²) in [6.45, 7) is 6.15. The van der Waals surface area contributed by atoms with Crippen molar-refractivity contribution in [3.8, 4) is 0 Å². The Balaban J connectivity index is 2.18. The minimum absolute atomic E-state index is 0.226. The summed E-state index contributed by atoms with van der Waals surface area (Å²) in [4.78, 5) is 37.1. The van der Waals surface area contributed by atoms with Crippen LogP contribution >= 0.6 is 0 Å². The highest BCUT2D eigenvalue weighted by atomic mass is 16.4. The predicted molar refractivity (Wildman–Crippen MR) is 136 cm³/mol. The summed E-state index contributed by atoms with van der Waals surface area (Å²) in [5, 5.41) is 34.6. The Hall–Kier alpha value is -3.27.